The molecule has 2 rings (SSSR count). The van der Waals surface area contributed by atoms with E-state index in [-0.39, 0.29) is 5.91 Å². The van der Waals surface area contributed by atoms with Gasteiger partial charge in [-0.1, -0.05) is 0 Å². The van der Waals surface area contributed by atoms with Gasteiger partial charge in [-0.3, -0.25) is 4.79 Å². The average Bonchev–Trinajstić information content (AvgIpc) is 2.75. The summed E-state index contributed by atoms with van der Waals surface area (Å²) < 4.78 is 0. The normalized spacial score (nSPS) is 10.3. The highest BCUT2D eigenvalue weighted by Crippen LogP contribution is 2.18. The Morgan fingerprint density at radius 1 is 1.28 bits per heavy atom. The van der Waals surface area contributed by atoms with E-state index in [1.54, 1.807) is 40.5 Å². The smallest absolute Gasteiger partial charge is 0.253 e. The van der Waals surface area contributed by atoms with Crippen molar-refractivity contribution in [3.63, 3.8) is 0 Å². The van der Waals surface area contributed by atoms with Crippen LogP contribution >= 0.6 is 11.3 Å². The standard InChI is InChI=1S/C14H16N2OS/c1-10-7-8-18-13(10)9-16(2)14(17)11-3-5-12(15)6-4-11/h3-8H,9,15H2,1-2H3. The highest BCUT2D eigenvalue weighted by Gasteiger charge is 2.13. The molecule has 0 fully saturated rings. The third kappa shape index (κ3) is 2.71. The molecule has 0 saturated carbocycles. The Hall–Kier alpha value is -1.81. The van der Waals surface area contributed by atoms with E-state index in [9.17, 15) is 4.79 Å². The van der Waals surface area contributed by atoms with Crippen LogP contribution in [-0.2, 0) is 6.54 Å². The topological polar surface area (TPSA) is 46.3 Å². The van der Waals surface area contributed by atoms with Gasteiger partial charge in [-0.15, -0.1) is 11.3 Å². The summed E-state index contributed by atoms with van der Waals surface area (Å²) in [5.41, 5.74) is 8.18. The average molecular weight is 260 g/mol. The Kier molecular flexibility index (Phi) is 3.67. The highest BCUT2D eigenvalue weighted by atomic mass is 32.1. The van der Waals surface area contributed by atoms with Gasteiger partial charge < -0.3 is 10.6 Å². The number of nitrogens with zero attached hydrogens (tertiary/aromatic N) is 1. The van der Waals surface area contributed by atoms with Crippen LogP contribution in [0, 0.1) is 6.92 Å². The number of aryl methyl sites for hydroxylation is 1. The SMILES string of the molecule is Cc1ccsc1CN(C)C(=O)c1ccc(N)cc1. The van der Waals surface area contributed by atoms with Crippen molar-refractivity contribution in [2.75, 3.05) is 12.8 Å². The van der Waals surface area contributed by atoms with Gasteiger partial charge in [0.1, 0.15) is 0 Å². The zero-order valence-electron chi connectivity index (χ0n) is 10.5. The number of hydrogen-bond donors (Lipinski definition) is 1. The lowest BCUT2D eigenvalue weighted by molar-refractivity contribution is 0.0786. The van der Waals surface area contributed by atoms with Crippen LogP contribution in [0.1, 0.15) is 20.8 Å². The molecule has 0 saturated heterocycles. The summed E-state index contributed by atoms with van der Waals surface area (Å²) in [7, 11) is 1.82. The van der Waals surface area contributed by atoms with Gasteiger partial charge in [0.05, 0.1) is 6.54 Å². The molecule has 2 N–H and O–H groups in total. The Morgan fingerprint density at radius 3 is 2.50 bits per heavy atom. The summed E-state index contributed by atoms with van der Waals surface area (Å²) in [4.78, 5) is 15.1. The molecule has 1 aromatic heterocycles. The lowest BCUT2D eigenvalue weighted by Crippen LogP contribution is -2.26. The van der Waals surface area contributed by atoms with Crippen molar-refractivity contribution in [1.29, 1.82) is 0 Å². The van der Waals surface area contributed by atoms with Crippen LogP contribution in [0.4, 0.5) is 5.69 Å². The van der Waals surface area contributed by atoms with Crippen LogP contribution in [0.5, 0.6) is 0 Å². The Balaban J connectivity index is 2.09. The van der Waals surface area contributed by atoms with Crippen LogP contribution in [0.2, 0.25) is 0 Å². The molecule has 0 radical (unpaired) electrons. The number of nitrogens with two attached hydrogens (primary N) is 1. The second kappa shape index (κ2) is 5.23. The molecule has 18 heavy (non-hydrogen) atoms. The largest absolute Gasteiger partial charge is 0.399 e. The van der Waals surface area contributed by atoms with Crippen LogP contribution < -0.4 is 5.73 Å². The number of nitrogen functional groups attached to an aromatic ring is 1. The molecular formula is C14H16N2OS. The number of benzene rings is 1. The van der Waals surface area contributed by atoms with Crippen molar-refractivity contribution in [3.8, 4) is 0 Å². The minimum absolute atomic E-state index is 0.0165. The predicted molar refractivity (Wildman–Crippen MR) is 75.7 cm³/mol. The maximum absolute atomic E-state index is 12.2. The zero-order valence-corrected chi connectivity index (χ0v) is 11.3. The van der Waals surface area contributed by atoms with Gasteiger partial charge in [0.2, 0.25) is 0 Å². The molecule has 0 aliphatic carbocycles. The zero-order chi connectivity index (χ0) is 13.1. The third-order valence-corrected chi connectivity index (χ3v) is 3.86. The Bertz CT molecular complexity index is 545. The van der Waals surface area contributed by atoms with Gasteiger partial charge in [0, 0.05) is 23.2 Å². The second-order valence-corrected chi connectivity index (χ2v) is 5.31. The molecule has 1 aromatic carbocycles. The number of anilines is 1. The monoisotopic (exact) mass is 260 g/mol. The molecule has 4 heteroatoms. The number of rotatable bonds is 3. The first-order valence-corrected chi connectivity index (χ1v) is 6.60. The van der Waals surface area contributed by atoms with E-state index in [2.05, 4.69) is 13.0 Å². The first-order valence-electron chi connectivity index (χ1n) is 5.72. The maximum atomic E-state index is 12.2. The van der Waals surface area contributed by atoms with E-state index in [0.717, 1.165) is 0 Å². The van der Waals surface area contributed by atoms with Crippen LogP contribution in [0.15, 0.2) is 35.7 Å². The minimum Gasteiger partial charge on any atom is -0.399 e. The van der Waals surface area contributed by atoms with Crippen molar-refractivity contribution < 1.29 is 4.79 Å². The summed E-state index contributed by atoms with van der Waals surface area (Å²) in [6.07, 6.45) is 0. The van der Waals surface area contributed by atoms with E-state index >= 15 is 0 Å². The first-order chi connectivity index (χ1) is 8.58. The number of carbonyl (C=O) groups excluding carboxylic acids is 1. The van der Waals surface area contributed by atoms with Crippen molar-refractivity contribution >= 4 is 22.9 Å². The maximum Gasteiger partial charge on any atom is 0.253 e. The van der Waals surface area contributed by atoms with Gasteiger partial charge >= 0.3 is 0 Å². The van der Waals surface area contributed by atoms with E-state index < -0.39 is 0 Å². The molecule has 94 valence electrons. The van der Waals surface area contributed by atoms with Gasteiger partial charge in [-0.05, 0) is 48.2 Å². The number of carbonyl (C=O) groups is 1. The Morgan fingerprint density at radius 2 is 1.94 bits per heavy atom. The lowest BCUT2D eigenvalue weighted by Gasteiger charge is -2.17. The third-order valence-electron chi connectivity index (χ3n) is 2.85. The fraction of sp³-hybridized carbons (Fsp3) is 0.214. The van der Waals surface area contributed by atoms with E-state index in [1.165, 1.54) is 10.4 Å². The van der Waals surface area contributed by atoms with Crippen LogP contribution in [0.3, 0.4) is 0 Å². The summed E-state index contributed by atoms with van der Waals surface area (Å²) in [5.74, 6) is 0.0165. The minimum atomic E-state index is 0.0165. The number of hydrogen-bond acceptors (Lipinski definition) is 3. The fourth-order valence-electron chi connectivity index (χ4n) is 1.70. The van der Waals surface area contributed by atoms with Crippen molar-refractivity contribution in [2.45, 2.75) is 13.5 Å². The molecule has 0 spiro atoms. The summed E-state index contributed by atoms with van der Waals surface area (Å²) in [6.45, 7) is 2.71. The van der Waals surface area contributed by atoms with E-state index in [4.69, 9.17) is 5.73 Å². The van der Waals surface area contributed by atoms with Crippen molar-refractivity contribution in [1.82, 2.24) is 4.90 Å². The fourth-order valence-corrected chi connectivity index (χ4v) is 2.66. The molecule has 3 nitrogen and oxygen atoms in total. The summed E-state index contributed by atoms with van der Waals surface area (Å²) >= 11 is 1.68. The Labute approximate surface area is 111 Å². The highest BCUT2D eigenvalue weighted by molar-refractivity contribution is 7.10. The van der Waals surface area contributed by atoms with E-state index in [1.807, 2.05) is 12.4 Å². The van der Waals surface area contributed by atoms with Crippen molar-refractivity contribution in [3.05, 3.63) is 51.7 Å². The molecule has 0 atom stereocenters. The molecule has 0 aliphatic rings. The molecular weight excluding hydrogens is 244 g/mol. The molecule has 0 unspecified atom stereocenters. The predicted octanol–water partition coefficient (Wildman–Crippen LogP) is 2.91. The second-order valence-electron chi connectivity index (χ2n) is 4.31. The first kappa shape index (κ1) is 12.6. The van der Waals surface area contributed by atoms with Crippen molar-refractivity contribution in [2.24, 2.45) is 0 Å². The molecule has 2 aromatic rings. The molecule has 1 heterocycles. The van der Waals surface area contributed by atoms with Crippen LogP contribution in [0.25, 0.3) is 0 Å². The molecule has 0 aliphatic heterocycles. The van der Waals surface area contributed by atoms with Gasteiger partial charge in [-0.2, -0.15) is 0 Å². The van der Waals surface area contributed by atoms with E-state index in [0.29, 0.717) is 17.8 Å². The van der Waals surface area contributed by atoms with Gasteiger partial charge in [0.25, 0.3) is 5.91 Å². The number of amides is 1. The van der Waals surface area contributed by atoms with Gasteiger partial charge in [0.15, 0.2) is 0 Å². The summed E-state index contributed by atoms with van der Waals surface area (Å²) in [6, 6.07) is 9.08. The van der Waals surface area contributed by atoms with Gasteiger partial charge in [-0.25, -0.2) is 0 Å². The molecule has 0 bridgehead atoms. The van der Waals surface area contributed by atoms with Crippen LogP contribution in [-0.4, -0.2) is 17.9 Å². The summed E-state index contributed by atoms with van der Waals surface area (Å²) in [5, 5.41) is 2.05. The quantitative estimate of drug-likeness (QED) is 0.862. The molecule has 1 amide bonds. The number of thiophene rings is 1. The lowest BCUT2D eigenvalue weighted by atomic mass is 10.2.